The van der Waals surface area contributed by atoms with Crippen LogP contribution in [0.3, 0.4) is 0 Å². The van der Waals surface area contributed by atoms with Gasteiger partial charge >= 0.3 is 0 Å². The molecule has 1 heterocycles. The Hall–Kier alpha value is -2.26. The summed E-state index contributed by atoms with van der Waals surface area (Å²) in [6.45, 7) is 4.21. The molecular formula is C21H26N4OS. The quantitative estimate of drug-likeness (QED) is 0.539. The molecule has 0 N–H and O–H groups in total. The number of imidazole rings is 1. The molecule has 1 aliphatic carbocycles. The molecule has 0 radical (unpaired) electrons. The van der Waals surface area contributed by atoms with Crippen molar-refractivity contribution < 1.29 is 4.79 Å². The summed E-state index contributed by atoms with van der Waals surface area (Å²) in [6.07, 6.45) is 6.19. The third kappa shape index (κ3) is 4.54. The van der Waals surface area contributed by atoms with Crippen molar-refractivity contribution in [1.82, 2.24) is 9.55 Å². The lowest BCUT2D eigenvalue weighted by Gasteiger charge is -2.26. The lowest BCUT2D eigenvalue weighted by atomic mass is 9.95. The molecule has 0 aliphatic heterocycles. The van der Waals surface area contributed by atoms with E-state index in [-0.39, 0.29) is 18.2 Å². The Kier molecular flexibility index (Phi) is 6.57. The largest absolute Gasteiger partial charge is 0.320 e. The van der Waals surface area contributed by atoms with Gasteiger partial charge in [-0.05, 0) is 38.8 Å². The van der Waals surface area contributed by atoms with E-state index in [1.807, 2.05) is 37.3 Å². The number of thioether (sulfide) groups is 1. The van der Waals surface area contributed by atoms with Crippen molar-refractivity contribution in [2.24, 2.45) is 0 Å². The summed E-state index contributed by atoms with van der Waals surface area (Å²) in [7, 11) is 0. The summed E-state index contributed by atoms with van der Waals surface area (Å²) >= 11 is 1.48. The minimum Gasteiger partial charge on any atom is -0.320 e. The average Bonchev–Trinajstić information content (AvgIpc) is 2.99. The van der Waals surface area contributed by atoms with E-state index in [2.05, 4.69) is 17.6 Å². The van der Waals surface area contributed by atoms with Crippen LogP contribution in [0.1, 0.15) is 49.5 Å². The molecule has 1 aromatic heterocycles. The fourth-order valence-corrected chi connectivity index (χ4v) is 4.71. The van der Waals surface area contributed by atoms with Crippen LogP contribution in [0.25, 0.3) is 0 Å². The topological polar surface area (TPSA) is 61.9 Å². The maximum Gasteiger partial charge on any atom is 0.238 e. The van der Waals surface area contributed by atoms with E-state index in [1.165, 1.54) is 49.6 Å². The van der Waals surface area contributed by atoms with Crippen LogP contribution in [0.15, 0.2) is 35.5 Å². The van der Waals surface area contributed by atoms with E-state index in [0.717, 1.165) is 16.5 Å². The smallest absolute Gasteiger partial charge is 0.238 e. The summed E-state index contributed by atoms with van der Waals surface area (Å²) in [6, 6.07) is 12.0. The van der Waals surface area contributed by atoms with Crippen molar-refractivity contribution in [2.75, 3.05) is 17.2 Å². The number of rotatable bonds is 6. The molecule has 1 aliphatic rings. The van der Waals surface area contributed by atoms with E-state index < -0.39 is 0 Å². The number of para-hydroxylation sites is 1. The highest BCUT2D eigenvalue weighted by molar-refractivity contribution is 7.99. The molecule has 0 saturated heterocycles. The van der Waals surface area contributed by atoms with Crippen molar-refractivity contribution in [1.29, 1.82) is 5.26 Å². The first-order chi connectivity index (χ1) is 13.1. The maximum absolute atomic E-state index is 12.8. The molecular weight excluding hydrogens is 356 g/mol. The predicted octanol–water partition coefficient (Wildman–Crippen LogP) is 4.65. The minimum absolute atomic E-state index is 0.0541. The zero-order valence-corrected chi connectivity index (χ0v) is 16.8. The molecule has 2 aromatic rings. The first kappa shape index (κ1) is 19.5. The lowest BCUT2D eigenvalue weighted by molar-refractivity contribution is -0.116. The highest BCUT2D eigenvalue weighted by Crippen LogP contribution is 2.34. The van der Waals surface area contributed by atoms with E-state index in [4.69, 9.17) is 10.2 Å². The van der Waals surface area contributed by atoms with Gasteiger partial charge in [0.25, 0.3) is 0 Å². The number of amides is 1. The molecule has 1 amide bonds. The van der Waals surface area contributed by atoms with Gasteiger partial charge in [-0.2, -0.15) is 5.26 Å². The highest BCUT2D eigenvalue weighted by Gasteiger charge is 2.23. The van der Waals surface area contributed by atoms with Gasteiger partial charge in [0.1, 0.15) is 6.54 Å². The Bertz CT molecular complexity index is 819. The number of carbonyl (C=O) groups is 1. The Morgan fingerprint density at radius 3 is 2.63 bits per heavy atom. The van der Waals surface area contributed by atoms with Crippen molar-refractivity contribution in [2.45, 2.75) is 57.1 Å². The third-order valence-corrected chi connectivity index (χ3v) is 6.15. The van der Waals surface area contributed by atoms with Gasteiger partial charge in [-0.1, -0.05) is 49.2 Å². The van der Waals surface area contributed by atoms with Crippen LogP contribution in [0.5, 0.6) is 0 Å². The summed E-state index contributed by atoms with van der Waals surface area (Å²) in [5, 5.41) is 10.0. The predicted molar refractivity (Wildman–Crippen MR) is 109 cm³/mol. The second kappa shape index (κ2) is 9.09. The molecule has 0 atom stereocenters. The zero-order chi connectivity index (χ0) is 19.2. The van der Waals surface area contributed by atoms with Gasteiger partial charge in [0.15, 0.2) is 5.16 Å². The molecule has 142 valence electrons. The maximum atomic E-state index is 12.8. The van der Waals surface area contributed by atoms with Crippen molar-refractivity contribution in [3.8, 4) is 6.07 Å². The van der Waals surface area contributed by atoms with Crippen LogP contribution in [0.2, 0.25) is 0 Å². The molecule has 5 nitrogen and oxygen atoms in total. The van der Waals surface area contributed by atoms with Gasteiger partial charge in [-0.3, -0.25) is 9.69 Å². The highest BCUT2D eigenvalue weighted by atomic mass is 32.2. The Morgan fingerprint density at radius 2 is 1.96 bits per heavy atom. The van der Waals surface area contributed by atoms with Gasteiger partial charge in [0.2, 0.25) is 5.91 Å². The van der Waals surface area contributed by atoms with Crippen LogP contribution < -0.4 is 4.90 Å². The lowest BCUT2D eigenvalue weighted by Crippen LogP contribution is -2.32. The van der Waals surface area contributed by atoms with Crippen LogP contribution in [0, 0.1) is 25.2 Å². The molecule has 27 heavy (non-hydrogen) atoms. The van der Waals surface area contributed by atoms with Gasteiger partial charge in [-0.25, -0.2) is 4.98 Å². The minimum atomic E-state index is -0.0683. The average molecular weight is 383 g/mol. The number of hydrogen-bond acceptors (Lipinski definition) is 4. The van der Waals surface area contributed by atoms with Gasteiger partial charge in [0, 0.05) is 17.4 Å². The number of carbonyl (C=O) groups excluding carboxylic acids is 1. The molecule has 1 aromatic carbocycles. The Balaban J connectivity index is 1.75. The van der Waals surface area contributed by atoms with E-state index >= 15 is 0 Å². The first-order valence-electron chi connectivity index (χ1n) is 9.52. The van der Waals surface area contributed by atoms with Crippen LogP contribution in [-0.4, -0.2) is 27.8 Å². The molecule has 0 bridgehead atoms. The van der Waals surface area contributed by atoms with E-state index in [1.54, 1.807) is 4.90 Å². The van der Waals surface area contributed by atoms with Crippen molar-refractivity contribution in [3.63, 3.8) is 0 Å². The monoisotopic (exact) mass is 382 g/mol. The SMILES string of the molecule is Cc1nc(SCC(=O)N(CC#N)c2ccccc2)n(C2CCCCC2)c1C. The number of nitriles is 1. The number of aryl methyl sites for hydroxylation is 1. The second-order valence-electron chi connectivity index (χ2n) is 6.99. The van der Waals surface area contributed by atoms with Crippen molar-refractivity contribution >= 4 is 23.4 Å². The zero-order valence-electron chi connectivity index (χ0n) is 16.0. The van der Waals surface area contributed by atoms with Gasteiger partial charge < -0.3 is 4.57 Å². The normalized spacial score (nSPS) is 14.7. The molecule has 3 rings (SSSR count). The third-order valence-electron chi connectivity index (χ3n) is 5.22. The van der Waals surface area contributed by atoms with Crippen LogP contribution in [-0.2, 0) is 4.79 Å². The molecule has 1 saturated carbocycles. The van der Waals surface area contributed by atoms with Gasteiger partial charge in [-0.15, -0.1) is 0 Å². The van der Waals surface area contributed by atoms with Crippen LogP contribution in [0.4, 0.5) is 5.69 Å². The summed E-state index contributed by atoms with van der Waals surface area (Å²) in [5.41, 5.74) is 2.99. The standard InChI is InChI=1S/C21H26N4OS/c1-16-17(2)25(19-11-7-4-8-12-19)21(23-16)27-15-20(26)24(14-13-22)18-9-5-3-6-10-18/h3,5-6,9-10,19H,4,7-8,11-12,14-15H2,1-2H3. The van der Waals surface area contributed by atoms with Gasteiger partial charge in [0.05, 0.1) is 17.5 Å². The van der Waals surface area contributed by atoms with E-state index in [0.29, 0.717) is 6.04 Å². The number of anilines is 1. The number of nitrogens with zero attached hydrogens (tertiary/aromatic N) is 4. The molecule has 0 unspecified atom stereocenters. The second-order valence-corrected chi connectivity index (χ2v) is 7.93. The van der Waals surface area contributed by atoms with Crippen molar-refractivity contribution in [3.05, 3.63) is 41.7 Å². The molecule has 0 spiro atoms. The van der Waals surface area contributed by atoms with E-state index in [9.17, 15) is 4.79 Å². The number of aromatic nitrogens is 2. The fourth-order valence-electron chi connectivity index (χ4n) is 3.67. The fraction of sp³-hybridized carbons (Fsp3) is 0.476. The molecule has 1 fully saturated rings. The summed E-state index contributed by atoms with van der Waals surface area (Å²) < 4.78 is 2.34. The van der Waals surface area contributed by atoms with Crippen LogP contribution >= 0.6 is 11.8 Å². The Labute approximate surface area is 165 Å². The Morgan fingerprint density at radius 1 is 1.26 bits per heavy atom. The first-order valence-corrected chi connectivity index (χ1v) is 10.5. The summed E-state index contributed by atoms with van der Waals surface area (Å²) in [4.78, 5) is 19.1. The molecule has 6 heteroatoms. The number of hydrogen-bond donors (Lipinski definition) is 0. The number of benzene rings is 1. The summed E-state index contributed by atoms with van der Waals surface area (Å²) in [5.74, 6) is 0.209.